The number of nitrogens with zero attached hydrogens (tertiary/aromatic N) is 1. The van der Waals surface area contributed by atoms with Crippen LogP contribution in [0.2, 0.25) is 5.02 Å². The first-order chi connectivity index (χ1) is 6.66. The topological polar surface area (TPSA) is 52.0 Å². The van der Waals surface area contributed by atoms with E-state index in [0.717, 1.165) is 10.0 Å². The van der Waals surface area contributed by atoms with Crippen LogP contribution in [0.1, 0.15) is 0 Å². The third-order valence-electron chi connectivity index (χ3n) is 1.72. The van der Waals surface area contributed by atoms with E-state index >= 15 is 0 Å². The van der Waals surface area contributed by atoms with Crippen molar-refractivity contribution in [1.82, 2.24) is 5.16 Å². The quantitative estimate of drug-likeness (QED) is 0.867. The Kier molecular flexibility index (Phi) is 2.48. The van der Waals surface area contributed by atoms with E-state index in [0.29, 0.717) is 16.6 Å². The number of hydrogen-bond acceptors (Lipinski definition) is 3. The first kappa shape index (κ1) is 9.55. The maximum absolute atomic E-state index is 5.81. The minimum atomic E-state index is 0.363. The monoisotopic (exact) mass is 272 g/mol. The lowest BCUT2D eigenvalue weighted by Gasteiger charge is -1.99. The third kappa shape index (κ3) is 1.76. The Hall–Kier alpha value is -1.00. The molecule has 72 valence electrons. The number of nitrogen functional groups attached to an aromatic ring is 1. The maximum Gasteiger partial charge on any atom is 0.170 e. The van der Waals surface area contributed by atoms with Gasteiger partial charge in [-0.15, -0.1) is 0 Å². The Bertz CT molecular complexity index is 470. The van der Waals surface area contributed by atoms with Crippen LogP contribution in [0.5, 0.6) is 0 Å². The zero-order valence-electron chi connectivity index (χ0n) is 7.00. The molecule has 1 heterocycles. The average Bonchev–Trinajstić information content (AvgIpc) is 2.51. The molecule has 2 rings (SSSR count). The average molecular weight is 274 g/mol. The molecular weight excluding hydrogens is 267 g/mol. The molecular formula is C9H6BrClN2O. The summed E-state index contributed by atoms with van der Waals surface area (Å²) < 4.78 is 5.87. The van der Waals surface area contributed by atoms with E-state index in [1.807, 2.05) is 6.07 Å². The van der Waals surface area contributed by atoms with Crippen LogP contribution in [-0.4, -0.2) is 5.16 Å². The standard InChI is InChI=1S/C9H6BrClN2O/c10-7-3-5(11)1-2-6(7)8-4-9(12)13-14-8/h1-4H,(H2,12,13). The van der Waals surface area contributed by atoms with Gasteiger partial charge in [-0.2, -0.15) is 0 Å². The molecule has 0 spiro atoms. The Morgan fingerprint density at radius 2 is 2.14 bits per heavy atom. The molecule has 0 radical (unpaired) electrons. The van der Waals surface area contributed by atoms with Crippen molar-refractivity contribution in [2.24, 2.45) is 0 Å². The van der Waals surface area contributed by atoms with Crippen LogP contribution in [0.3, 0.4) is 0 Å². The van der Waals surface area contributed by atoms with E-state index in [1.165, 1.54) is 0 Å². The molecule has 0 fully saturated rings. The lowest BCUT2D eigenvalue weighted by Crippen LogP contribution is -1.80. The highest BCUT2D eigenvalue weighted by Crippen LogP contribution is 2.31. The van der Waals surface area contributed by atoms with Gasteiger partial charge in [0.1, 0.15) is 0 Å². The summed E-state index contributed by atoms with van der Waals surface area (Å²) in [5.41, 5.74) is 6.32. The molecule has 0 unspecified atom stereocenters. The van der Waals surface area contributed by atoms with Gasteiger partial charge in [-0.1, -0.05) is 16.8 Å². The Morgan fingerprint density at radius 3 is 2.71 bits per heavy atom. The smallest absolute Gasteiger partial charge is 0.170 e. The molecule has 0 aliphatic carbocycles. The number of aromatic nitrogens is 1. The third-order valence-corrected chi connectivity index (χ3v) is 2.62. The summed E-state index contributed by atoms with van der Waals surface area (Å²) in [7, 11) is 0. The van der Waals surface area contributed by atoms with Crippen LogP contribution in [0.15, 0.2) is 33.3 Å². The molecule has 0 amide bonds. The lowest BCUT2D eigenvalue weighted by molar-refractivity contribution is 0.435. The highest BCUT2D eigenvalue weighted by atomic mass is 79.9. The molecule has 0 saturated carbocycles. The molecule has 14 heavy (non-hydrogen) atoms. The molecule has 2 N–H and O–H groups in total. The van der Waals surface area contributed by atoms with E-state index in [1.54, 1.807) is 18.2 Å². The second kappa shape index (κ2) is 3.63. The van der Waals surface area contributed by atoms with Gasteiger partial charge in [-0.25, -0.2) is 0 Å². The van der Waals surface area contributed by atoms with Crippen LogP contribution in [-0.2, 0) is 0 Å². The fourth-order valence-electron chi connectivity index (χ4n) is 1.11. The summed E-state index contributed by atoms with van der Waals surface area (Å²) >= 11 is 9.19. The predicted octanol–water partition coefficient (Wildman–Crippen LogP) is 3.34. The van der Waals surface area contributed by atoms with E-state index in [-0.39, 0.29) is 0 Å². The van der Waals surface area contributed by atoms with Gasteiger partial charge in [-0.05, 0) is 34.1 Å². The second-order valence-corrected chi connectivity index (χ2v) is 4.03. The molecule has 0 saturated heterocycles. The summed E-state index contributed by atoms with van der Waals surface area (Å²) in [6, 6.07) is 7.07. The van der Waals surface area contributed by atoms with Crippen molar-refractivity contribution in [3.63, 3.8) is 0 Å². The predicted molar refractivity (Wildman–Crippen MR) is 59.1 cm³/mol. The van der Waals surface area contributed by atoms with Crippen LogP contribution in [0.4, 0.5) is 5.82 Å². The Morgan fingerprint density at radius 1 is 1.36 bits per heavy atom. The second-order valence-electron chi connectivity index (χ2n) is 2.74. The van der Waals surface area contributed by atoms with Crippen LogP contribution < -0.4 is 5.73 Å². The Balaban J connectivity index is 2.52. The first-order valence-electron chi connectivity index (χ1n) is 3.84. The molecule has 0 aliphatic rings. The molecule has 2 aromatic rings. The summed E-state index contributed by atoms with van der Waals surface area (Å²) in [6.45, 7) is 0. The number of anilines is 1. The van der Waals surface area contributed by atoms with Gasteiger partial charge in [-0.3, -0.25) is 0 Å². The van der Waals surface area contributed by atoms with Crippen molar-refractivity contribution in [2.75, 3.05) is 5.73 Å². The summed E-state index contributed by atoms with van der Waals surface area (Å²) in [4.78, 5) is 0. The fraction of sp³-hybridized carbons (Fsp3) is 0. The minimum absolute atomic E-state index is 0.363. The van der Waals surface area contributed by atoms with Crippen molar-refractivity contribution in [3.8, 4) is 11.3 Å². The minimum Gasteiger partial charge on any atom is -0.381 e. The van der Waals surface area contributed by atoms with Crippen molar-refractivity contribution >= 4 is 33.3 Å². The van der Waals surface area contributed by atoms with Gasteiger partial charge in [0.25, 0.3) is 0 Å². The number of hydrogen-bond donors (Lipinski definition) is 1. The molecule has 0 aliphatic heterocycles. The van der Waals surface area contributed by atoms with Crippen molar-refractivity contribution < 1.29 is 4.52 Å². The number of nitrogens with two attached hydrogens (primary N) is 1. The van der Waals surface area contributed by atoms with Gasteiger partial charge < -0.3 is 10.3 Å². The van der Waals surface area contributed by atoms with E-state index in [9.17, 15) is 0 Å². The fourth-order valence-corrected chi connectivity index (χ4v) is 1.98. The van der Waals surface area contributed by atoms with Gasteiger partial charge in [0.2, 0.25) is 0 Å². The molecule has 1 aromatic carbocycles. The van der Waals surface area contributed by atoms with E-state index in [2.05, 4.69) is 21.1 Å². The summed E-state index contributed by atoms with van der Waals surface area (Å²) in [6.07, 6.45) is 0. The van der Waals surface area contributed by atoms with Gasteiger partial charge in [0, 0.05) is 21.1 Å². The molecule has 1 aromatic heterocycles. The van der Waals surface area contributed by atoms with Crippen LogP contribution >= 0.6 is 27.5 Å². The Labute approximate surface area is 94.0 Å². The molecule has 5 heteroatoms. The largest absolute Gasteiger partial charge is 0.381 e. The zero-order valence-corrected chi connectivity index (χ0v) is 9.34. The number of rotatable bonds is 1. The lowest BCUT2D eigenvalue weighted by atomic mass is 10.2. The molecule has 3 nitrogen and oxygen atoms in total. The number of halogens is 2. The summed E-state index contributed by atoms with van der Waals surface area (Å²) in [5.74, 6) is 0.980. The summed E-state index contributed by atoms with van der Waals surface area (Å²) in [5, 5.41) is 4.27. The highest BCUT2D eigenvalue weighted by molar-refractivity contribution is 9.10. The van der Waals surface area contributed by atoms with Crippen LogP contribution in [0.25, 0.3) is 11.3 Å². The van der Waals surface area contributed by atoms with Gasteiger partial charge >= 0.3 is 0 Å². The zero-order chi connectivity index (χ0) is 10.1. The van der Waals surface area contributed by atoms with Crippen LogP contribution in [0, 0.1) is 0 Å². The van der Waals surface area contributed by atoms with Crippen molar-refractivity contribution in [3.05, 3.63) is 33.8 Å². The first-order valence-corrected chi connectivity index (χ1v) is 5.01. The highest BCUT2D eigenvalue weighted by Gasteiger charge is 2.08. The molecule has 0 atom stereocenters. The molecule has 0 bridgehead atoms. The number of benzene rings is 1. The van der Waals surface area contributed by atoms with Crippen molar-refractivity contribution in [2.45, 2.75) is 0 Å². The normalized spacial score (nSPS) is 10.4. The van der Waals surface area contributed by atoms with E-state index < -0.39 is 0 Å². The maximum atomic E-state index is 5.81. The van der Waals surface area contributed by atoms with Crippen molar-refractivity contribution in [1.29, 1.82) is 0 Å². The van der Waals surface area contributed by atoms with Gasteiger partial charge in [0.15, 0.2) is 11.6 Å². The van der Waals surface area contributed by atoms with Gasteiger partial charge in [0.05, 0.1) is 0 Å². The van der Waals surface area contributed by atoms with E-state index in [4.69, 9.17) is 21.9 Å². The SMILES string of the molecule is Nc1cc(-c2ccc(Cl)cc2Br)on1.